The fraction of sp³-hybridized carbons (Fsp3) is 0.583. The van der Waals surface area contributed by atoms with Gasteiger partial charge in [-0.05, 0) is 30.9 Å². The molecule has 0 spiro atoms. The Labute approximate surface area is 101 Å². The first-order valence-electron chi connectivity index (χ1n) is 5.91. The molecule has 5 heteroatoms. The molecule has 0 aliphatic carbocycles. The van der Waals surface area contributed by atoms with E-state index in [1.807, 2.05) is 4.90 Å². The lowest BCUT2D eigenvalue weighted by molar-refractivity contribution is 0.0617. The molecule has 0 aromatic carbocycles. The van der Waals surface area contributed by atoms with Gasteiger partial charge in [0.05, 0.1) is 18.0 Å². The second-order valence-corrected chi connectivity index (χ2v) is 4.94. The molecule has 92 valence electrons. The van der Waals surface area contributed by atoms with E-state index in [1.165, 1.54) is 6.20 Å². The molecule has 0 unspecified atom stereocenters. The van der Waals surface area contributed by atoms with E-state index in [9.17, 15) is 4.79 Å². The largest absolute Gasteiger partial charge is 0.339 e. The zero-order valence-corrected chi connectivity index (χ0v) is 10.1. The molecule has 0 radical (unpaired) electrons. The van der Waals surface area contributed by atoms with Gasteiger partial charge in [0, 0.05) is 13.1 Å². The van der Waals surface area contributed by atoms with E-state index in [-0.39, 0.29) is 11.3 Å². The number of carbonyl (C=O) groups is 1. The summed E-state index contributed by atoms with van der Waals surface area (Å²) in [7, 11) is 0. The molecule has 5 nitrogen and oxygen atoms in total. The van der Waals surface area contributed by atoms with Gasteiger partial charge in [0.1, 0.15) is 0 Å². The topological polar surface area (TPSA) is 72.1 Å². The van der Waals surface area contributed by atoms with Crippen LogP contribution in [0.1, 0.15) is 30.1 Å². The third kappa shape index (κ3) is 2.61. The van der Waals surface area contributed by atoms with Gasteiger partial charge in [-0.2, -0.15) is 10.2 Å². The summed E-state index contributed by atoms with van der Waals surface area (Å²) in [6, 6.07) is 1.70. The maximum atomic E-state index is 12.1. The quantitative estimate of drug-likeness (QED) is 0.816. The van der Waals surface area contributed by atoms with Crippen LogP contribution in [0.25, 0.3) is 0 Å². The van der Waals surface area contributed by atoms with Crippen molar-refractivity contribution in [2.75, 3.05) is 19.6 Å². The number of likely N-dealkylation sites (tertiary alicyclic amines) is 1. The van der Waals surface area contributed by atoms with Gasteiger partial charge in [-0.15, -0.1) is 0 Å². The van der Waals surface area contributed by atoms with Gasteiger partial charge in [0.25, 0.3) is 5.91 Å². The van der Waals surface area contributed by atoms with E-state index >= 15 is 0 Å². The van der Waals surface area contributed by atoms with Crippen molar-refractivity contribution in [2.24, 2.45) is 11.1 Å². The van der Waals surface area contributed by atoms with Crippen LogP contribution in [0, 0.1) is 5.41 Å². The highest BCUT2D eigenvalue weighted by Crippen LogP contribution is 2.29. The van der Waals surface area contributed by atoms with Crippen LogP contribution in [0.2, 0.25) is 0 Å². The fourth-order valence-electron chi connectivity index (χ4n) is 2.05. The molecule has 1 aliphatic rings. The summed E-state index contributed by atoms with van der Waals surface area (Å²) in [5.74, 6) is 0.0407. The molecule has 1 aromatic rings. The zero-order valence-electron chi connectivity index (χ0n) is 10.1. The van der Waals surface area contributed by atoms with Gasteiger partial charge in [0.15, 0.2) is 0 Å². The highest BCUT2D eigenvalue weighted by molar-refractivity contribution is 5.93. The van der Waals surface area contributed by atoms with E-state index in [0.717, 1.165) is 25.9 Å². The molecule has 17 heavy (non-hydrogen) atoms. The van der Waals surface area contributed by atoms with E-state index in [0.29, 0.717) is 12.1 Å². The molecule has 1 aromatic heterocycles. The summed E-state index contributed by atoms with van der Waals surface area (Å²) in [5.41, 5.74) is 6.54. The molecule has 1 saturated heterocycles. The number of piperidine rings is 1. The Morgan fingerprint density at radius 3 is 2.71 bits per heavy atom. The smallest absolute Gasteiger partial charge is 0.255 e. The van der Waals surface area contributed by atoms with Crippen LogP contribution >= 0.6 is 0 Å². The van der Waals surface area contributed by atoms with Gasteiger partial charge in [0.2, 0.25) is 0 Å². The first kappa shape index (κ1) is 12.0. The lowest BCUT2D eigenvalue weighted by Crippen LogP contribution is -2.44. The fourth-order valence-corrected chi connectivity index (χ4v) is 2.05. The minimum Gasteiger partial charge on any atom is -0.339 e. The second-order valence-electron chi connectivity index (χ2n) is 4.94. The number of rotatable bonds is 2. The predicted octanol–water partition coefficient (Wildman–Crippen LogP) is 0.678. The Kier molecular flexibility index (Phi) is 3.38. The Bertz CT molecular complexity index is 385. The molecule has 0 bridgehead atoms. The molecular formula is C12H18N4O. The summed E-state index contributed by atoms with van der Waals surface area (Å²) < 4.78 is 0. The highest BCUT2D eigenvalue weighted by Gasteiger charge is 2.30. The van der Waals surface area contributed by atoms with Crippen molar-refractivity contribution in [3.8, 4) is 0 Å². The molecule has 2 heterocycles. The third-order valence-electron chi connectivity index (χ3n) is 3.58. The third-order valence-corrected chi connectivity index (χ3v) is 3.58. The van der Waals surface area contributed by atoms with E-state index in [4.69, 9.17) is 5.73 Å². The number of amides is 1. The maximum absolute atomic E-state index is 12.1. The monoisotopic (exact) mass is 234 g/mol. The van der Waals surface area contributed by atoms with Crippen LogP contribution in [-0.4, -0.2) is 40.6 Å². The minimum absolute atomic E-state index is 0.0407. The van der Waals surface area contributed by atoms with Crippen LogP contribution in [0.5, 0.6) is 0 Å². The van der Waals surface area contributed by atoms with Gasteiger partial charge in [-0.25, -0.2) is 0 Å². The zero-order chi connectivity index (χ0) is 12.3. The first-order valence-corrected chi connectivity index (χ1v) is 5.91. The van der Waals surface area contributed by atoms with E-state index in [2.05, 4.69) is 17.1 Å². The van der Waals surface area contributed by atoms with Gasteiger partial charge < -0.3 is 10.6 Å². The molecule has 1 amide bonds. The second kappa shape index (κ2) is 4.79. The number of aromatic nitrogens is 2. The normalized spacial score (nSPS) is 19.1. The van der Waals surface area contributed by atoms with Crippen LogP contribution in [0.4, 0.5) is 0 Å². The Hall–Kier alpha value is -1.49. The Morgan fingerprint density at radius 2 is 2.18 bits per heavy atom. The molecule has 2 rings (SSSR count). The predicted molar refractivity (Wildman–Crippen MR) is 64.3 cm³/mol. The SMILES string of the molecule is CC1(CN)CCN(C(=O)c2ccnnc2)CC1. The summed E-state index contributed by atoms with van der Waals surface area (Å²) in [5, 5.41) is 7.40. The number of nitrogens with two attached hydrogens (primary N) is 1. The van der Waals surface area contributed by atoms with Crippen molar-refractivity contribution < 1.29 is 4.79 Å². The van der Waals surface area contributed by atoms with Gasteiger partial charge in [-0.3, -0.25) is 4.79 Å². The molecule has 2 N–H and O–H groups in total. The van der Waals surface area contributed by atoms with Crippen molar-refractivity contribution in [2.45, 2.75) is 19.8 Å². The van der Waals surface area contributed by atoms with Crippen LogP contribution in [-0.2, 0) is 0 Å². The van der Waals surface area contributed by atoms with Crippen LogP contribution in [0.15, 0.2) is 18.5 Å². The molecule has 1 fully saturated rings. The van der Waals surface area contributed by atoms with Crippen molar-refractivity contribution in [3.05, 3.63) is 24.0 Å². The Morgan fingerprint density at radius 1 is 1.47 bits per heavy atom. The molecule has 1 aliphatic heterocycles. The van der Waals surface area contributed by atoms with E-state index < -0.39 is 0 Å². The maximum Gasteiger partial charge on any atom is 0.255 e. The van der Waals surface area contributed by atoms with Crippen LogP contribution in [0.3, 0.4) is 0 Å². The van der Waals surface area contributed by atoms with Crippen molar-refractivity contribution in [1.82, 2.24) is 15.1 Å². The van der Waals surface area contributed by atoms with Crippen molar-refractivity contribution in [3.63, 3.8) is 0 Å². The molecule has 0 atom stereocenters. The lowest BCUT2D eigenvalue weighted by atomic mass is 9.80. The van der Waals surface area contributed by atoms with Gasteiger partial charge >= 0.3 is 0 Å². The summed E-state index contributed by atoms with van der Waals surface area (Å²) in [6.07, 6.45) is 4.99. The van der Waals surface area contributed by atoms with Crippen molar-refractivity contribution >= 4 is 5.91 Å². The highest BCUT2D eigenvalue weighted by atomic mass is 16.2. The summed E-state index contributed by atoms with van der Waals surface area (Å²) in [4.78, 5) is 14.0. The number of hydrogen-bond donors (Lipinski definition) is 1. The van der Waals surface area contributed by atoms with Crippen molar-refractivity contribution in [1.29, 1.82) is 0 Å². The average molecular weight is 234 g/mol. The van der Waals surface area contributed by atoms with E-state index in [1.54, 1.807) is 12.3 Å². The first-order chi connectivity index (χ1) is 8.14. The molecular weight excluding hydrogens is 216 g/mol. The lowest BCUT2D eigenvalue weighted by Gasteiger charge is -2.38. The summed E-state index contributed by atoms with van der Waals surface area (Å²) >= 11 is 0. The number of nitrogens with zero attached hydrogens (tertiary/aromatic N) is 3. The number of carbonyl (C=O) groups excluding carboxylic acids is 1. The Balaban J connectivity index is 2.00. The van der Waals surface area contributed by atoms with Gasteiger partial charge in [-0.1, -0.05) is 6.92 Å². The number of hydrogen-bond acceptors (Lipinski definition) is 4. The van der Waals surface area contributed by atoms with Crippen LogP contribution < -0.4 is 5.73 Å². The molecule has 0 saturated carbocycles. The standard InChI is InChI=1S/C12H18N4O/c1-12(9-13)3-6-16(7-4-12)11(17)10-2-5-14-15-8-10/h2,5,8H,3-4,6-7,9,13H2,1H3. The minimum atomic E-state index is 0.0407. The average Bonchev–Trinajstić information content (AvgIpc) is 2.40. The summed E-state index contributed by atoms with van der Waals surface area (Å²) in [6.45, 7) is 4.42.